The zero-order chi connectivity index (χ0) is 65.2. The second-order valence-corrected chi connectivity index (χ2v) is 21.3. The summed E-state index contributed by atoms with van der Waals surface area (Å²) in [6.45, 7) is 7.03. The van der Waals surface area contributed by atoms with E-state index in [1.54, 1.807) is 0 Å². The van der Waals surface area contributed by atoms with E-state index in [0.717, 1.165) is 4.90 Å². The molecule has 0 bridgehead atoms. The Kier molecular flexibility index (Phi) is 28.8. The standard InChI is InChI=1S/C55H82N16O16/c1-27(2)21-38(65-31(6)73)51(84)69-39(23-33-13-17-35(75)18-14-33)52(85)67-36(9-7-19-60-55(58)59)49(82)63-30(5)47(80)68-40(24-43(56)76)50(83)64-28(3)46(79)62-29(4)48(81)70-41(26-72)54(87)71-20-8-10-42(71)53(86)61-25-44(77)66-37(45(57)78)22-32-11-15-34(74)16-12-32/h11-18,27-30,36-42,72,74-75H,7-10,19-26H2,1-6H3,(H2,56,76)(H2,57,78)(H,61,86)(H,62,79)(H,63,82)(H,64,83)(H,65,73)(H,66,77)(H,67,85)(H,68,80)(H,69,84)(H,70,81)(H4,58,59,60)/t28-,29-,30-,36-,37-,38-,39-,40-,41-,42-/m0/s1. The first-order chi connectivity index (χ1) is 40.9. The number of carbonyl (C=O) groups is 13. The van der Waals surface area contributed by atoms with Crippen LogP contribution in [0, 0.1) is 11.3 Å². The number of likely N-dealkylation sites (tertiary alicyclic amines) is 1. The van der Waals surface area contributed by atoms with Crippen LogP contribution in [0.5, 0.6) is 11.5 Å². The Morgan fingerprint density at radius 3 is 1.53 bits per heavy atom. The van der Waals surface area contributed by atoms with E-state index in [2.05, 4.69) is 58.5 Å². The molecular weight excluding hydrogens is 1140 g/mol. The first kappa shape index (κ1) is 71.6. The van der Waals surface area contributed by atoms with E-state index in [1.165, 1.54) is 76.2 Å². The summed E-state index contributed by atoms with van der Waals surface area (Å²) in [6, 6.07) is -2.31. The summed E-state index contributed by atoms with van der Waals surface area (Å²) in [5.74, 6) is -12.0. The molecule has 1 aliphatic rings. The normalized spacial score (nSPS) is 15.8. The van der Waals surface area contributed by atoms with E-state index in [1.807, 2.05) is 13.8 Å². The summed E-state index contributed by atoms with van der Waals surface area (Å²) < 4.78 is 0. The number of nitrogens with one attached hydrogen (secondary N) is 12. The van der Waals surface area contributed by atoms with Gasteiger partial charge in [-0.05, 0) is 94.2 Å². The molecule has 13 amide bonds. The number of amides is 13. The maximum atomic E-state index is 14.1. The minimum Gasteiger partial charge on any atom is -0.508 e. The van der Waals surface area contributed by atoms with Crippen molar-refractivity contribution in [2.75, 3.05) is 26.2 Å². The number of hydrogen-bond donors (Lipinski definition) is 18. The van der Waals surface area contributed by atoms with Crippen molar-refractivity contribution in [2.24, 2.45) is 23.1 Å². The fourth-order valence-corrected chi connectivity index (χ4v) is 8.84. The summed E-state index contributed by atoms with van der Waals surface area (Å²) in [5, 5.41) is 64.0. The lowest BCUT2D eigenvalue weighted by molar-refractivity contribution is -0.143. The van der Waals surface area contributed by atoms with Crippen LogP contribution >= 0.6 is 0 Å². The van der Waals surface area contributed by atoms with E-state index < -0.39 is 157 Å². The topological polar surface area (TPSA) is 520 Å². The molecular formula is C55H82N16O16. The first-order valence-corrected chi connectivity index (χ1v) is 28.0. The molecule has 3 rings (SSSR count). The van der Waals surface area contributed by atoms with Crippen LogP contribution in [0.1, 0.15) is 91.2 Å². The molecule has 478 valence electrons. The molecule has 0 radical (unpaired) electrons. The maximum absolute atomic E-state index is 14.1. The van der Waals surface area contributed by atoms with Crippen molar-refractivity contribution < 1.29 is 77.6 Å². The van der Waals surface area contributed by atoms with E-state index in [4.69, 9.17) is 22.6 Å². The molecule has 87 heavy (non-hydrogen) atoms. The van der Waals surface area contributed by atoms with Gasteiger partial charge in [-0.2, -0.15) is 0 Å². The predicted octanol–water partition coefficient (Wildman–Crippen LogP) is -5.90. The SMILES string of the molecule is CC(=O)N[C@@H](CC(C)C)C(=O)N[C@@H](Cc1ccc(O)cc1)C(=O)N[C@@H](CCCNC(=N)N)C(=O)N[C@@H](C)C(=O)N[C@@H](CC(N)=O)C(=O)N[C@@H](C)C(=O)N[C@@H](C)C(=O)N[C@@H](CO)C(=O)N1CCC[C@H]1C(=O)NCC(=O)N[C@@H](Cc1ccc(O)cc1)C(N)=O. The number of phenolic OH excluding ortho intramolecular Hbond substituents is 2. The molecule has 0 saturated carbocycles. The number of benzene rings is 2. The number of guanidine groups is 1. The molecule has 0 unspecified atom stereocenters. The van der Waals surface area contributed by atoms with Crippen LogP contribution in [0.4, 0.5) is 0 Å². The molecule has 21 N–H and O–H groups in total. The smallest absolute Gasteiger partial charge is 0.248 e. The van der Waals surface area contributed by atoms with E-state index in [0.29, 0.717) is 17.5 Å². The zero-order valence-electron chi connectivity index (χ0n) is 49.3. The number of primary amides is 2. The number of nitrogens with zero attached hydrogens (tertiary/aromatic N) is 1. The Hall–Kier alpha value is -9.62. The molecule has 1 fully saturated rings. The van der Waals surface area contributed by atoms with Crippen molar-refractivity contribution in [3.8, 4) is 11.5 Å². The average molecular weight is 1220 g/mol. The maximum Gasteiger partial charge on any atom is 0.248 e. The van der Waals surface area contributed by atoms with Crippen LogP contribution in [0.25, 0.3) is 0 Å². The Labute approximate surface area is 501 Å². The van der Waals surface area contributed by atoms with Crippen molar-refractivity contribution in [1.82, 2.24) is 63.4 Å². The highest BCUT2D eigenvalue weighted by atomic mass is 16.3. The summed E-state index contributed by atoms with van der Waals surface area (Å²) in [6.07, 6.45) is -0.289. The van der Waals surface area contributed by atoms with E-state index in [-0.39, 0.29) is 75.0 Å². The predicted molar refractivity (Wildman–Crippen MR) is 310 cm³/mol. The quantitative estimate of drug-likeness (QED) is 0.0176. The van der Waals surface area contributed by atoms with Gasteiger partial charge in [0.15, 0.2) is 5.96 Å². The van der Waals surface area contributed by atoms with Crippen molar-refractivity contribution in [3.63, 3.8) is 0 Å². The van der Waals surface area contributed by atoms with Crippen molar-refractivity contribution >= 4 is 82.8 Å². The van der Waals surface area contributed by atoms with Gasteiger partial charge in [0.2, 0.25) is 76.8 Å². The van der Waals surface area contributed by atoms with Gasteiger partial charge >= 0.3 is 0 Å². The van der Waals surface area contributed by atoms with Crippen LogP contribution in [0.2, 0.25) is 0 Å². The molecule has 1 aliphatic heterocycles. The monoisotopic (exact) mass is 1220 g/mol. The van der Waals surface area contributed by atoms with Gasteiger partial charge in [0, 0.05) is 32.9 Å². The number of hydrogen-bond acceptors (Lipinski definition) is 17. The molecule has 32 heteroatoms. The van der Waals surface area contributed by atoms with Crippen LogP contribution in [0.15, 0.2) is 48.5 Å². The second-order valence-electron chi connectivity index (χ2n) is 21.3. The van der Waals surface area contributed by atoms with Gasteiger partial charge in [-0.1, -0.05) is 38.1 Å². The van der Waals surface area contributed by atoms with Crippen LogP contribution in [0.3, 0.4) is 0 Å². The number of rotatable bonds is 34. The van der Waals surface area contributed by atoms with Gasteiger partial charge in [0.25, 0.3) is 0 Å². The number of phenols is 2. The molecule has 32 nitrogen and oxygen atoms in total. The van der Waals surface area contributed by atoms with E-state index in [9.17, 15) is 77.6 Å². The number of aliphatic hydroxyl groups is 1. The molecule has 0 aliphatic carbocycles. The highest BCUT2D eigenvalue weighted by Crippen LogP contribution is 2.19. The van der Waals surface area contributed by atoms with Crippen molar-refractivity contribution in [1.29, 1.82) is 5.41 Å². The lowest BCUT2D eigenvalue weighted by Gasteiger charge is -2.28. The Morgan fingerprint density at radius 1 is 0.575 bits per heavy atom. The van der Waals surface area contributed by atoms with Crippen LogP contribution in [-0.4, -0.2) is 190 Å². The summed E-state index contributed by atoms with van der Waals surface area (Å²) >= 11 is 0. The molecule has 1 heterocycles. The number of aliphatic hydroxyl groups excluding tert-OH is 1. The van der Waals surface area contributed by atoms with Gasteiger partial charge in [0.1, 0.15) is 71.9 Å². The lowest BCUT2D eigenvalue weighted by Crippen LogP contribution is -2.60. The second kappa shape index (κ2) is 35.0. The summed E-state index contributed by atoms with van der Waals surface area (Å²) in [7, 11) is 0. The molecule has 10 atom stereocenters. The van der Waals surface area contributed by atoms with Gasteiger partial charge in [-0.3, -0.25) is 67.7 Å². The van der Waals surface area contributed by atoms with Crippen LogP contribution in [-0.2, 0) is 75.2 Å². The minimum atomic E-state index is -1.75. The Morgan fingerprint density at radius 2 is 1.03 bits per heavy atom. The van der Waals surface area contributed by atoms with E-state index >= 15 is 0 Å². The number of aromatic hydroxyl groups is 2. The third-order valence-corrected chi connectivity index (χ3v) is 13.4. The summed E-state index contributed by atoms with van der Waals surface area (Å²) in [5.41, 5.74) is 17.3. The van der Waals surface area contributed by atoms with Gasteiger partial charge < -0.3 is 95.9 Å². The Balaban J connectivity index is 1.65. The number of nitrogens with two attached hydrogens (primary N) is 3. The fourth-order valence-electron chi connectivity index (χ4n) is 8.84. The van der Waals surface area contributed by atoms with Crippen molar-refractivity contribution in [2.45, 2.75) is 153 Å². The average Bonchev–Trinajstić information content (AvgIpc) is 3.23. The van der Waals surface area contributed by atoms with Gasteiger partial charge in [-0.25, -0.2) is 0 Å². The zero-order valence-corrected chi connectivity index (χ0v) is 49.3. The molecule has 2 aromatic rings. The summed E-state index contributed by atoms with van der Waals surface area (Å²) in [4.78, 5) is 172. The highest BCUT2D eigenvalue weighted by molar-refractivity contribution is 6.00. The highest BCUT2D eigenvalue weighted by Gasteiger charge is 2.39. The number of carbonyl (C=O) groups excluding carboxylic acids is 13. The molecule has 0 aromatic heterocycles. The van der Waals surface area contributed by atoms with Crippen LogP contribution < -0.4 is 75.7 Å². The minimum absolute atomic E-state index is 0.0107. The third-order valence-electron chi connectivity index (χ3n) is 13.4. The Bertz CT molecular complexity index is 2800. The molecule has 0 spiro atoms. The lowest BCUT2D eigenvalue weighted by atomic mass is 10.0. The van der Waals surface area contributed by atoms with Gasteiger partial charge in [0.05, 0.1) is 19.6 Å². The molecule has 1 saturated heterocycles. The largest absolute Gasteiger partial charge is 0.508 e. The van der Waals surface area contributed by atoms with Gasteiger partial charge in [-0.15, -0.1) is 0 Å². The first-order valence-electron chi connectivity index (χ1n) is 28.0. The fraction of sp³-hybridized carbons (Fsp3) is 0.527. The third kappa shape index (κ3) is 24.9. The molecule has 2 aromatic carbocycles. The van der Waals surface area contributed by atoms with Crippen molar-refractivity contribution in [3.05, 3.63) is 59.7 Å².